The molecule has 0 saturated heterocycles. The number of nitrogens with zero attached hydrogens (tertiary/aromatic N) is 2. The van der Waals surface area contributed by atoms with E-state index in [9.17, 15) is 0 Å². The first-order valence-corrected chi connectivity index (χ1v) is 6.84. The van der Waals surface area contributed by atoms with Crippen LogP contribution in [0.4, 0.5) is 0 Å². The molecule has 0 bridgehead atoms. The van der Waals surface area contributed by atoms with E-state index in [0.717, 1.165) is 27.9 Å². The van der Waals surface area contributed by atoms with Gasteiger partial charge in [0.2, 0.25) is 0 Å². The van der Waals surface area contributed by atoms with Crippen molar-refractivity contribution in [2.45, 2.75) is 4.87 Å². The average molecular weight is 279 g/mol. The SMILES string of the molecule is ClC1(c2ccccc2)c2ccccc2-c2ncncc21. The van der Waals surface area contributed by atoms with Gasteiger partial charge in [0.05, 0.1) is 5.69 Å². The van der Waals surface area contributed by atoms with Gasteiger partial charge < -0.3 is 0 Å². The molecule has 3 aromatic rings. The van der Waals surface area contributed by atoms with Gasteiger partial charge in [-0.2, -0.15) is 0 Å². The fraction of sp³-hybridized carbons (Fsp3) is 0.0588. The summed E-state index contributed by atoms with van der Waals surface area (Å²) in [6.45, 7) is 0. The summed E-state index contributed by atoms with van der Waals surface area (Å²) in [6, 6.07) is 18.3. The number of fused-ring (bicyclic) bond motifs is 3. The highest BCUT2D eigenvalue weighted by molar-refractivity contribution is 6.30. The molecule has 0 amide bonds. The van der Waals surface area contributed by atoms with E-state index in [-0.39, 0.29) is 0 Å². The van der Waals surface area contributed by atoms with E-state index >= 15 is 0 Å². The summed E-state index contributed by atoms with van der Waals surface area (Å²) in [6.07, 6.45) is 3.39. The normalized spacial score (nSPS) is 19.4. The Morgan fingerprint density at radius 3 is 2.45 bits per heavy atom. The van der Waals surface area contributed by atoms with Crippen LogP contribution in [0.5, 0.6) is 0 Å². The van der Waals surface area contributed by atoms with Gasteiger partial charge in [0.15, 0.2) is 0 Å². The number of rotatable bonds is 1. The highest BCUT2D eigenvalue weighted by Gasteiger charge is 2.44. The lowest BCUT2D eigenvalue weighted by Crippen LogP contribution is -2.19. The molecular formula is C17H11ClN2. The third kappa shape index (κ3) is 1.40. The first-order valence-electron chi connectivity index (χ1n) is 6.46. The Hall–Kier alpha value is -2.19. The molecule has 0 fully saturated rings. The second kappa shape index (κ2) is 4.15. The lowest BCUT2D eigenvalue weighted by molar-refractivity contribution is 0.895. The van der Waals surface area contributed by atoms with Crippen LogP contribution in [0.2, 0.25) is 0 Å². The summed E-state index contributed by atoms with van der Waals surface area (Å²) >= 11 is 7.08. The van der Waals surface area contributed by atoms with E-state index < -0.39 is 4.87 Å². The molecule has 0 N–H and O–H groups in total. The van der Waals surface area contributed by atoms with E-state index in [1.54, 1.807) is 6.33 Å². The Morgan fingerprint density at radius 1 is 0.850 bits per heavy atom. The Morgan fingerprint density at radius 2 is 1.60 bits per heavy atom. The molecule has 1 atom stereocenters. The molecule has 1 unspecified atom stereocenters. The van der Waals surface area contributed by atoms with Crippen LogP contribution in [0.1, 0.15) is 16.7 Å². The van der Waals surface area contributed by atoms with E-state index in [1.165, 1.54) is 0 Å². The summed E-state index contributed by atoms with van der Waals surface area (Å²) in [5.74, 6) is 0. The minimum absolute atomic E-state index is 0.700. The summed E-state index contributed by atoms with van der Waals surface area (Å²) in [5, 5.41) is 0. The van der Waals surface area contributed by atoms with Gasteiger partial charge >= 0.3 is 0 Å². The van der Waals surface area contributed by atoms with Crippen LogP contribution >= 0.6 is 11.6 Å². The zero-order valence-electron chi connectivity index (χ0n) is 10.6. The quantitative estimate of drug-likeness (QED) is 0.629. The van der Waals surface area contributed by atoms with Gasteiger partial charge in [-0.05, 0) is 11.1 Å². The molecule has 2 nitrogen and oxygen atoms in total. The van der Waals surface area contributed by atoms with Gasteiger partial charge in [-0.15, -0.1) is 11.6 Å². The van der Waals surface area contributed by atoms with Crippen molar-refractivity contribution in [3.8, 4) is 11.3 Å². The van der Waals surface area contributed by atoms with E-state index in [2.05, 4.69) is 22.1 Å². The van der Waals surface area contributed by atoms with Crippen molar-refractivity contribution in [2.24, 2.45) is 0 Å². The van der Waals surface area contributed by atoms with E-state index in [4.69, 9.17) is 11.6 Å². The molecule has 3 heteroatoms. The maximum Gasteiger partial charge on any atom is 0.124 e. The van der Waals surface area contributed by atoms with Gasteiger partial charge in [0.1, 0.15) is 11.2 Å². The van der Waals surface area contributed by atoms with Crippen LogP contribution in [0.15, 0.2) is 67.1 Å². The number of halogens is 1. The second-order valence-corrected chi connectivity index (χ2v) is 5.42. The highest BCUT2D eigenvalue weighted by Crippen LogP contribution is 2.53. The minimum atomic E-state index is -0.700. The maximum atomic E-state index is 7.08. The molecule has 20 heavy (non-hydrogen) atoms. The molecule has 0 spiro atoms. The lowest BCUT2D eigenvalue weighted by atomic mass is 9.89. The number of benzene rings is 2. The molecular weight excluding hydrogens is 268 g/mol. The Labute approximate surface area is 122 Å². The predicted molar refractivity (Wildman–Crippen MR) is 79.6 cm³/mol. The molecule has 0 aliphatic heterocycles. The molecule has 4 rings (SSSR count). The molecule has 96 valence electrons. The average Bonchev–Trinajstić information content (AvgIpc) is 2.80. The van der Waals surface area contributed by atoms with Crippen molar-refractivity contribution < 1.29 is 0 Å². The Bertz CT molecular complexity index is 738. The van der Waals surface area contributed by atoms with Crippen molar-refractivity contribution in [1.82, 2.24) is 9.97 Å². The van der Waals surface area contributed by atoms with E-state index in [1.807, 2.05) is 48.7 Å². The monoisotopic (exact) mass is 278 g/mol. The second-order valence-electron chi connectivity index (χ2n) is 4.86. The maximum absolute atomic E-state index is 7.08. The lowest BCUT2D eigenvalue weighted by Gasteiger charge is -2.24. The van der Waals surface area contributed by atoms with E-state index in [0.29, 0.717) is 0 Å². The van der Waals surface area contributed by atoms with Crippen LogP contribution in [0, 0.1) is 0 Å². The zero-order valence-corrected chi connectivity index (χ0v) is 11.4. The first-order chi connectivity index (χ1) is 9.82. The van der Waals surface area contributed by atoms with Crippen LogP contribution in [-0.4, -0.2) is 9.97 Å². The predicted octanol–water partition coefficient (Wildman–Crippen LogP) is 3.99. The fourth-order valence-electron chi connectivity index (χ4n) is 2.91. The van der Waals surface area contributed by atoms with Gasteiger partial charge in [-0.3, -0.25) is 0 Å². The van der Waals surface area contributed by atoms with Gasteiger partial charge in [0.25, 0.3) is 0 Å². The molecule has 1 aromatic heterocycles. The highest BCUT2D eigenvalue weighted by atomic mass is 35.5. The molecule has 0 radical (unpaired) electrons. The zero-order chi connectivity index (χ0) is 13.6. The number of aromatic nitrogens is 2. The molecule has 2 aromatic carbocycles. The van der Waals surface area contributed by atoms with Crippen molar-refractivity contribution in [1.29, 1.82) is 0 Å². The molecule has 1 aliphatic rings. The van der Waals surface area contributed by atoms with Gasteiger partial charge in [0, 0.05) is 17.3 Å². The molecule has 0 saturated carbocycles. The summed E-state index contributed by atoms with van der Waals surface area (Å²) in [5.41, 5.74) is 5.08. The minimum Gasteiger partial charge on any atom is -0.244 e. The molecule has 1 heterocycles. The summed E-state index contributed by atoms with van der Waals surface area (Å²) < 4.78 is 0. The van der Waals surface area contributed by atoms with Crippen molar-refractivity contribution in [3.05, 3.63) is 83.8 Å². The number of hydrogen-bond donors (Lipinski definition) is 0. The van der Waals surface area contributed by atoms with Crippen LogP contribution in [-0.2, 0) is 4.87 Å². The molecule has 1 aliphatic carbocycles. The topological polar surface area (TPSA) is 25.8 Å². The standard InChI is InChI=1S/C17H11ClN2/c18-17(12-6-2-1-3-7-12)14-9-5-4-8-13(14)16-15(17)10-19-11-20-16/h1-11H. The summed E-state index contributed by atoms with van der Waals surface area (Å²) in [4.78, 5) is 7.89. The van der Waals surface area contributed by atoms with Gasteiger partial charge in [-0.25, -0.2) is 9.97 Å². The Kier molecular flexibility index (Phi) is 2.41. The van der Waals surface area contributed by atoms with Crippen molar-refractivity contribution in [3.63, 3.8) is 0 Å². The smallest absolute Gasteiger partial charge is 0.124 e. The largest absolute Gasteiger partial charge is 0.244 e. The van der Waals surface area contributed by atoms with Gasteiger partial charge in [-0.1, -0.05) is 54.6 Å². The van der Waals surface area contributed by atoms with Crippen LogP contribution < -0.4 is 0 Å². The van der Waals surface area contributed by atoms with Crippen LogP contribution in [0.25, 0.3) is 11.3 Å². The summed E-state index contributed by atoms with van der Waals surface area (Å²) in [7, 11) is 0. The Balaban J connectivity index is 2.10. The first kappa shape index (κ1) is 11.6. The number of hydrogen-bond acceptors (Lipinski definition) is 2. The van der Waals surface area contributed by atoms with Crippen LogP contribution in [0.3, 0.4) is 0 Å². The van der Waals surface area contributed by atoms with Crippen molar-refractivity contribution in [2.75, 3.05) is 0 Å². The third-order valence-electron chi connectivity index (χ3n) is 3.81. The number of alkyl halides is 1. The van der Waals surface area contributed by atoms with Crippen molar-refractivity contribution >= 4 is 11.6 Å². The third-order valence-corrected chi connectivity index (χ3v) is 4.43. The fourth-order valence-corrected chi connectivity index (χ4v) is 3.34.